The molecule has 49 heavy (non-hydrogen) atoms. The van der Waals surface area contributed by atoms with Crippen LogP contribution in [0.4, 0.5) is 5.69 Å². The Morgan fingerprint density at radius 2 is 1.12 bits per heavy atom. The summed E-state index contributed by atoms with van der Waals surface area (Å²) in [5, 5.41) is 26.3. The van der Waals surface area contributed by atoms with E-state index >= 15 is 0 Å². The number of aliphatic imine (C=N–C) groups is 1. The minimum absolute atomic E-state index is 0.179. The molecule has 2 N–H and O–H groups in total. The first kappa shape index (κ1) is 27.6. The van der Waals surface area contributed by atoms with Gasteiger partial charge in [0.15, 0.2) is 0 Å². The standard InChI is InChI=1S/C45H28N2O2/c48-39-22-10-13-27-12-9-21-38(41(27)39)46-26-29-25-28-11-1-2-14-30(28)44(47-29)42-40(49)24-23-34-33-17-5-8-20-37(33)45(43(34)42)35-18-6-3-15-31(35)32-16-4-7-19-36(32)45/h1-26,48-49H. The van der Waals surface area contributed by atoms with Gasteiger partial charge in [-0.15, -0.1) is 0 Å². The Morgan fingerprint density at radius 1 is 0.531 bits per heavy atom. The quantitative estimate of drug-likeness (QED) is 0.191. The number of pyridine rings is 1. The molecular formula is C45H28N2O2. The number of phenolic OH excluding ortho intramolecular Hbond substituents is 2. The van der Waals surface area contributed by atoms with Crippen LogP contribution in [-0.2, 0) is 5.41 Å². The van der Waals surface area contributed by atoms with E-state index in [1.165, 1.54) is 27.8 Å². The highest BCUT2D eigenvalue weighted by Gasteiger charge is 2.53. The minimum atomic E-state index is -0.652. The number of aromatic nitrogens is 1. The molecule has 0 amide bonds. The predicted octanol–water partition coefficient (Wildman–Crippen LogP) is 10.6. The first-order chi connectivity index (χ1) is 24.1. The van der Waals surface area contributed by atoms with Crippen LogP contribution in [0.15, 0.2) is 157 Å². The van der Waals surface area contributed by atoms with E-state index in [2.05, 4.69) is 91.0 Å². The molecule has 0 fully saturated rings. The zero-order chi connectivity index (χ0) is 32.7. The number of aromatic hydroxyl groups is 2. The lowest BCUT2D eigenvalue weighted by molar-refractivity contribution is 0.476. The van der Waals surface area contributed by atoms with Crippen LogP contribution in [0.2, 0.25) is 0 Å². The molecule has 4 nitrogen and oxygen atoms in total. The molecule has 1 spiro atoms. The number of benzene rings is 7. The number of hydrogen-bond donors (Lipinski definition) is 2. The molecule has 7 aromatic carbocycles. The molecule has 230 valence electrons. The molecule has 0 radical (unpaired) electrons. The molecule has 0 atom stereocenters. The third kappa shape index (κ3) is 3.74. The summed E-state index contributed by atoms with van der Waals surface area (Å²) in [5.74, 6) is 0.364. The summed E-state index contributed by atoms with van der Waals surface area (Å²) >= 11 is 0. The van der Waals surface area contributed by atoms with Crippen molar-refractivity contribution >= 4 is 33.4 Å². The van der Waals surface area contributed by atoms with Crippen molar-refractivity contribution in [2.75, 3.05) is 0 Å². The van der Waals surface area contributed by atoms with Crippen molar-refractivity contribution in [2.45, 2.75) is 5.41 Å². The minimum Gasteiger partial charge on any atom is -0.507 e. The molecule has 0 saturated carbocycles. The van der Waals surface area contributed by atoms with Crippen molar-refractivity contribution in [3.63, 3.8) is 0 Å². The first-order valence-corrected chi connectivity index (χ1v) is 16.5. The van der Waals surface area contributed by atoms with Gasteiger partial charge in [-0.25, -0.2) is 4.98 Å². The molecule has 0 unspecified atom stereocenters. The van der Waals surface area contributed by atoms with Crippen molar-refractivity contribution in [3.8, 4) is 45.0 Å². The zero-order valence-electron chi connectivity index (χ0n) is 26.3. The second-order valence-electron chi connectivity index (χ2n) is 12.8. The van der Waals surface area contributed by atoms with E-state index in [1.54, 1.807) is 12.3 Å². The number of hydrogen-bond acceptors (Lipinski definition) is 4. The Kier molecular flexibility index (Phi) is 5.76. The third-order valence-electron chi connectivity index (χ3n) is 10.3. The number of phenols is 2. The monoisotopic (exact) mass is 628 g/mol. The van der Waals surface area contributed by atoms with Gasteiger partial charge in [-0.1, -0.05) is 127 Å². The van der Waals surface area contributed by atoms with Crippen LogP contribution in [0.3, 0.4) is 0 Å². The second kappa shape index (κ2) is 10.2. The Hall–Kier alpha value is -6.52. The highest BCUT2D eigenvalue weighted by Crippen LogP contribution is 2.65. The fourth-order valence-electron chi connectivity index (χ4n) is 8.44. The summed E-state index contributed by atoms with van der Waals surface area (Å²) in [6.45, 7) is 0. The topological polar surface area (TPSA) is 65.7 Å². The fraction of sp³-hybridized carbons (Fsp3) is 0.0222. The lowest BCUT2D eigenvalue weighted by atomic mass is 9.68. The number of rotatable bonds is 3. The van der Waals surface area contributed by atoms with Crippen molar-refractivity contribution in [1.29, 1.82) is 0 Å². The van der Waals surface area contributed by atoms with E-state index in [1.807, 2.05) is 54.6 Å². The highest BCUT2D eigenvalue weighted by molar-refractivity contribution is 6.06. The summed E-state index contributed by atoms with van der Waals surface area (Å²) in [6, 6.07) is 51.4. The van der Waals surface area contributed by atoms with E-state index in [0.29, 0.717) is 22.5 Å². The van der Waals surface area contributed by atoms with E-state index < -0.39 is 5.41 Å². The Morgan fingerprint density at radius 3 is 1.84 bits per heavy atom. The van der Waals surface area contributed by atoms with E-state index in [4.69, 9.17) is 9.98 Å². The molecule has 1 aromatic heterocycles. The SMILES string of the molecule is Oc1ccc2c(c1-c1nc(C=Nc3cccc4cccc(O)c34)cc3ccccc13)C1(c3ccccc3-c3ccccc31)c1ccccc1-2. The third-order valence-corrected chi connectivity index (χ3v) is 10.3. The van der Waals surface area contributed by atoms with Gasteiger partial charge in [-0.3, -0.25) is 4.99 Å². The Labute approximate surface area is 283 Å². The number of fused-ring (bicyclic) bond motifs is 12. The molecule has 4 heteroatoms. The lowest BCUT2D eigenvalue weighted by Crippen LogP contribution is -2.26. The van der Waals surface area contributed by atoms with Gasteiger partial charge < -0.3 is 10.2 Å². The summed E-state index contributed by atoms with van der Waals surface area (Å²) < 4.78 is 0. The van der Waals surface area contributed by atoms with Crippen LogP contribution >= 0.6 is 0 Å². The Bertz CT molecular complexity index is 2640. The second-order valence-corrected chi connectivity index (χ2v) is 12.8. The van der Waals surface area contributed by atoms with Gasteiger partial charge in [-0.05, 0) is 79.5 Å². The van der Waals surface area contributed by atoms with Crippen LogP contribution < -0.4 is 0 Å². The van der Waals surface area contributed by atoms with Gasteiger partial charge in [0.1, 0.15) is 11.5 Å². The van der Waals surface area contributed by atoms with Crippen molar-refractivity contribution < 1.29 is 10.2 Å². The molecular weight excluding hydrogens is 601 g/mol. The fourth-order valence-corrected chi connectivity index (χ4v) is 8.44. The van der Waals surface area contributed by atoms with Gasteiger partial charge in [-0.2, -0.15) is 0 Å². The van der Waals surface area contributed by atoms with Crippen LogP contribution in [-0.4, -0.2) is 21.4 Å². The molecule has 0 bridgehead atoms. The summed E-state index contributed by atoms with van der Waals surface area (Å²) in [5.41, 5.74) is 11.4. The van der Waals surface area contributed by atoms with Gasteiger partial charge in [0.25, 0.3) is 0 Å². The van der Waals surface area contributed by atoms with Crippen molar-refractivity contribution in [1.82, 2.24) is 4.98 Å². The smallest absolute Gasteiger partial charge is 0.125 e. The molecule has 2 aliphatic carbocycles. The van der Waals surface area contributed by atoms with Crippen LogP contribution in [0.5, 0.6) is 11.5 Å². The maximum Gasteiger partial charge on any atom is 0.125 e. The van der Waals surface area contributed by atoms with E-state index in [-0.39, 0.29) is 11.5 Å². The molecule has 10 rings (SSSR count). The van der Waals surface area contributed by atoms with Crippen LogP contribution in [0, 0.1) is 0 Å². The molecule has 0 aliphatic heterocycles. The van der Waals surface area contributed by atoms with Gasteiger partial charge in [0.05, 0.1) is 28.7 Å². The molecule has 2 aliphatic rings. The molecule has 8 aromatic rings. The van der Waals surface area contributed by atoms with Crippen molar-refractivity contribution in [2.24, 2.45) is 4.99 Å². The largest absolute Gasteiger partial charge is 0.507 e. The predicted molar refractivity (Wildman–Crippen MR) is 198 cm³/mol. The summed E-state index contributed by atoms with van der Waals surface area (Å²) in [6.07, 6.45) is 1.75. The summed E-state index contributed by atoms with van der Waals surface area (Å²) in [7, 11) is 0. The highest BCUT2D eigenvalue weighted by atomic mass is 16.3. The maximum absolute atomic E-state index is 12.1. The van der Waals surface area contributed by atoms with Crippen LogP contribution in [0.1, 0.15) is 27.9 Å². The molecule has 0 saturated heterocycles. The van der Waals surface area contributed by atoms with E-state index in [9.17, 15) is 10.2 Å². The van der Waals surface area contributed by atoms with E-state index in [0.717, 1.165) is 38.4 Å². The first-order valence-electron chi connectivity index (χ1n) is 16.5. The molecule has 1 heterocycles. The summed E-state index contributed by atoms with van der Waals surface area (Å²) in [4.78, 5) is 10.1. The van der Waals surface area contributed by atoms with Gasteiger partial charge >= 0.3 is 0 Å². The maximum atomic E-state index is 12.1. The van der Waals surface area contributed by atoms with Crippen LogP contribution in [0.25, 0.3) is 55.1 Å². The normalized spacial score (nSPS) is 13.6. The zero-order valence-corrected chi connectivity index (χ0v) is 26.3. The average molecular weight is 629 g/mol. The van der Waals surface area contributed by atoms with Crippen molar-refractivity contribution in [3.05, 3.63) is 180 Å². The number of nitrogens with zero attached hydrogens (tertiary/aromatic N) is 2. The Balaban J connectivity index is 1.28. The van der Waals surface area contributed by atoms with Gasteiger partial charge in [0.2, 0.25) is 0 Å². The van der Waals surface area contributed by atoms with Gasteiger partial charge in [0, 0.05) is 16.3 Å². The lowest BCUT2D eigenvalue weighted by Gasteiger charge is -2.32. The average Bonchev–Trinajstić information content (AvgIpc) is 3.61.